The van der Waals surface area contributed by atoms with E-state index in [0.29, 0.717) is 17.9 Å². The third-order valence-corrected chi connectivity index (χ3v) is 3.88. The summed E-state index contributed by atoms with van der Waals surface area (Å²) in [5.74, 6) is 0.468. The molecular weight excluding hydrogens is 300 g/mol. The third kappa shape index (κ3) is 3.01. The standard InChI is InChI=1S/C14H14N6OS/c1-10-18-12(7-22-10)6-19(2)14(21)11-3-4-16-13(5-11)20-9-15-8-17-20/h3-5,7-9H,6H2,1-2H3. The van der Waals surface area contributed by atoms with Crippen LogP contribution < -0.4 is 0 Å². The molecule has 0 N–H and O–H groups in total. The van der Waals surface area contributed by atoms with Crippen molar-refractivity contribution in [1.82, 2.24) is 29.6 Å². The van der Waals surface area contributed by atoms with Gasteiger partial charge >= 0.3 is 0 Å². The van der Waals surface area contributed by atoms with Gasteiger partial charge in [0.1, 0.15) is 12.7 Å². The lowest BCUT2D eigenvalue weighted by Crippen LogP contribution is -2.26. The first-order valence-electron chi connectivity index (χ1n) is 6.61. The minimum atomic E-state index is -0.0885. The molecule has 0 unspecified atom stereocenters. The van der Waals surface area contributed by atoms with Crippen molar-refractivity contribution in [1.29, 1.82) is 0 Å². The predicted octanol–water partition coefficient (Wildman–Crippen LogP) is 1.70. The summed E-state index contributed by atoms with van der Waals surface area (Å²) in [5, 5.41) is 6.97. The summed E-state index contributed by atoms with van der Waals surface area (Å²) in [6, 6.07) is 3.38. The van der Waals surface area contributed by atoms with E-state index < -0.39 is 0 Å². The number of aromatic nitrogens is 5. The Balaban J connectivity index is 1.78. The Morgan fingerprint density at radius 1 is 1.45 bits per heavy atom. The SMILES string of the molecule is Cc1nc(CN(C)C(=O)c2ccnc(-n3cncn3)c2)cs1. The highest BCUT2D eigenvalue weighted by atomic mass is 32.1. The van der Waals surface area contributed by atoms with Crippen molar-refractivity contribution < 1.29 is 4.79 Å². The van der Waals surface area contributed by atoms with Crippen molar-refractivity contribution >= 4 is 17.2 Å². The molecule has 0 aromatic carbocycles. The zero-order valence-corrected chi connectivity index (χ0v) is 13.0. The minimum Gasteiger partial charge on any atom is -0.336 e. The molecule has 0 saturated heterocycles. The number of nitrogens with zero attached hydrogens (tertiary/aromatic N) is 6. The van der Waals surface area contributed by atoms with E-state index in [1.54, 1.807) is 47.9 Å². The summed E-state index contributed by atoms with van der Waals surface area (Å²) in [6.07, 6.45) is 4.55. The first-order chi connectivity index (χ1) is 10.6. The zero-order chi connectivity index (χ0) is 15.5. The summed E-state index contributed by atoms with van der Waals surface area (Å²) < 4.78 is 1.51. The van der Waals surface area contributed by atoms with Crippen molar-refractivity contribution in [3.05, 3.63) is 52.6 Å². The van der Waals surface area contributed by atoms with Crippen LogP contribution in [0.25, 0.3) is 5.82 Å². The quantitative estimate of drug-likeness (QED) is 0.732. The molecule has 0 aliphatic heterocycles. The van der Waals surface area contributed by atoms with Gasteiger partial charge in [-0.05, 0) is 19.1 Å². The van der Waals surface area contributed by atoms with Crippen LogP contribution >= 0.6 is 11.3 Å². The molecule has 0 saturated carbocycles. The molecule has 22 heavy (non-hydrogen) atoms. The Morgan fingerprint density at radius 2 is 2.32 bits per heavy atom. The number of rotatable bonds is 4. The first-order valence-corrected chi connectivity index (χ1v) is 7.49. The molecule has 3 rings (SSSR count). The number of carbonyl (C=O) groups is 1. The second kappa shape index (κ2) is 6.02. The molecule has 0 spiro atoms. The molecule has 0 atom stereocenters. The maximum Gasteiger partial charge on any atom is 0.254 e. The predicted molar refractivity (Wildman–Crippen MR) is 81.8 cm³/mol. The van der Waals surface area contributed by atoms with Gasteiger partial charge < -0.3 is 4.90 Å². The second-order valence-corrected chi connectivity index (χ2v) is 5.82. The highest BCUT2D eigenvalue weighted by Crippen LogP contribution is 2.13. The number of thiazole rings is 1. The van der Waals surface area contributed by atoms with Gasteiger partial charge in [-0.25, -0.2) is 19.6 Å². The van der Waals surface area contributed by atoms with E-state index in [4.69, 9.17) is 0 Å². The van der Waals surface area contributed by atoms with Crippen LogP contribution in [0.4, 0.5) is 0 Å². The van der Waals surface area contributed by atoms with Gasteiger partial charge in [0.25, 0.3) is 5.91 Å². The third-order valence-electron chi connectivity index (χ3n) is 3.06. The molecule has 7 nitrogen and oxygen atoms in total. The van der Waals surface area contributed by atoms with Crippen LogP contribution in [-0.4, -0.2) is 42.6 Å². The average Bonchev–Trinajstić information content (AvgIpc) is 3.18. The van der Waals surface area contributed by atoms with Gasteiger partial charge in [-0.3, -0.25) is 4.79 Å². The molecule has 8 heteroatoms. The molecule has 0 aliphatic rings. The lowest BCUT2D eigenvalue weighted by atomic mass is 10.2. The Hall–Kier alpha value is -2.61. The lowest BCUT2D eigenvalue weighted by Gasteiger charge is -2.16. The second-order valence-electron chi connectivity index (χ2n) is 4.76. The largest absolute Gasteiger partial charge is 0.336 e. The number of amides is 1. The topological polar surface area (TPSA) is 76.8 Å². The molecule has 0 fully saturated rings. The molecular formula is C14H14N6OS. The van der Waals surface area contributed by atoms with Crippen LogP contribution in [0.5, 0.6) is 0 Å². The van der Waals surface area contributed by atoms with Crippen molar-refractivity contribution in [2.24, 2.45) is 0 Å². The van der Waals surface area contributed by atoms with Gasteiger partial charge in [0.05, 0.1) is 17.2 Å². The lowest BCUT2D eigenvalue weighted by molar-refractivity contribution is 0.0783. The number of hydrogen-bond acceptors (Lipinski definition) is 6. The van der Waals surface area contributed by atoms with Crippen molar-refractivity contribution in [2.45, 2.75) is 13.5 Å². The summed E-state index contributed by atoms with van der Waals surface area (Å²) in [5.41, 5.74) is 1.44. The Labute approximate surface area is 131 Å². The van der Waals surface area contributed by atoms with E-state index in [-0.39, 0.29) is 5.91 Å². The zero-order valence-electron chi connectivity index (χ0n) is 12.2. The Bertz CT molecular complexity index is 782. The average molecular weight is 314 g/mol. The summed E-state index contributed by atoms with van der Waals surface area (Å²) in [7, 11) is 1.76. The first kappa shape index (κ1) is 14.3. The van der Waals surface area contributed by atoms with Gasteiger partial charge in [0.15, 0.2) is 5.82 Å². The molecule has 1 amide bonds. The van der Waals surface area contributed by atoms with E-state index in [0.717, 1.165) is 10.7 Å². The van der Waals surface area contributed by atoms with E-state index in [1.807, 2.05) is 12.3 Å². The van der Waals surface area contributed by atoms with E-state index in [1.165, 1.54) is 11.0 Å². The summed E-state index contributed by atoms with van der Waals surface area (Å²) >= 11 is 1.58. The van der Waals surface area contributed by atoms with Crippen molar-refractivity contribution in [3.63, 3.8) is 0 Å². The molecule has 3 aromatic rings. The number of carbonyl (C=O) groups excluding carboxylic acids is 1. The molecule has 0 radical (unpaired) electrons. The van der Waals surface area contributed by atoms with Gasteiger partial charge in [-0.2, -0.15) is 5.10 Å². The molecule has 3 aromatic heterocycles. The van der Waals surface area contributed by atoms with Crippen LogP contribution in [0.2, 0.25) is 0 Å². The summed E-state index contributed by atoms with van der Waals surface area (Å²) in [4.78, 5) is 26.6. The van der Waals surface area contributed by atoms with E-state index in [2.05, 4.69) is 20.1 Å². The molecule has 0 bridgehead atoms. The van der Waals surface area contributed by atoms with Crippen LogP contribution in [0.15, 0.2) is 36.4 Å². The van der Waals surface area contributed by atoms with Gasteiger partial charge in [0.2, 0.25) is 0 Å². The summed E-state index contributed by atoms with van der Waals surface area (Å²) in [6.45, 7) is 2.42. The molecule has 112 valence electrons. The number of aryl methyl sites for hydroxylation is 1. The van der Waals surface area contributed by atoms with Crippen LogP contribution in [0, 0.1) is 6.92 Å². The maximum absolute atomic E-state index is 12.5. The molecule has 0 aliphatic carbocycles. The van der Waals surface area contributed by atoms with Crippen molar-refractivity contribution in [2.75, 3.05) is 7.05 Å². The Kier molecular flexibility index (Phi) is 3.92. The van der Waals surface area contributed by atoms with Gasteiger partial charge in [-0.15, -0.1) is 11.3 Å². The monoisotopic (exact) mass is 314 g/mol. The highest BCUT2D eigenvalue weighted by Gasteiger charge is 2.14. The van der Waals surface area contributed by atoms with Crippen LogP contribution in [0.3, 0.4) is 0 Å². The fourth-order valence-electron chi connectivity index (χ4n) is 2.02. The maximum atomic E-state index is 12.5. The number of pyridine rings is 1. The number of hydrogen-bond donors (Lipinski definition) is 0. The van der Waals surface area contributed by atoms with Crippen LogP contribution in [-0.2, 0) is 6.54 Å². The van der Waals surface area contributed by atoms with Crippen LogP contribution in [0.1, 0.15) is 21.1 Å². The van der Waals surface area contributed by atoms with E-state index >= 15 is 0 Å². The van der Waals surface area contributed by atoms with Gasteiger partial charge in [0, 0.05) is 24.2 Å². The van der Waals surface area contributed by atoms with E-state index in [9.17, 15) is 4.79 Å². The highest BCUT2D eigenvalue weighted by molar-refractivity contribution is 7.09. The normalized spacial score (nSPS) is 10.6. The smallest absolute Gasteiger partial charge is 0.254 e. The Morgan fingerprint density at radius 3 is 3.00 bits per heavy atom. The fraction of sp³-hybridized carbons (Fsp3) is 0.214. The van der Waals surface area contributed by atoms with Gasteiger partial charge in [-0.1, -0.05) is 0 Å². The van der Waals surface area contributed by atoms with Crippen molar-refractivity contribution in [3.8, 4) is 5.82 Å². The fourth-order valence-corrected chi connectivity index (χ4v) is 2.62. The molecule has 3 heterocycles. The minimum absolute atomic E-state index is 0.0885.